The summed E-state index contributed by atoms with van der Waals surface area (Å²) in [6.45, 7) is 8.88. The highest BCUT2D eigenvalue weighted by atomic mass is 16.6. The lowest BCUT2D eigenvalue weighted by molar-refractivity contribution is -0.121. The SMILES string of the molecule is CC(C)(C)OC(=O)N1CCC[C@@H](C(=O)Nc2cc(-c3cccc(NCC4CCOCC4)n3)ncn2)C1. The maximum absolute atomic E-state index is 13.0. The summed E-state index contributed by atoms with van der Waals surface area (Å²) in [6, 6.07) is 7.47. The van der Waals surface area contributed by atoms with Crippen LogP contribution in [0.1, 0.15) is 46.5 Å². The standard InChI is InChI=1S/C26H36N6O4/c1-26(2,3)36-25(34)32-11-5-6-19(16-32)24(33)31-23-14-21(28-17-29-23)20-7-4-8-22(30-20)27-15-18-9-12-35-13-10-18/h4,7-8,14,17-19H,5-6,9-13,15-16H2,1-3H3,(H,27,30)(H,28,29,31,33)/t19-/m1/s1. The lowest BCUT2D eigenvalue weighted by atomic mass is 9.97. The van der Waals surface area contributed by atoms with E-state index in [1.807, 2.05) is 39.0 Å². The molecule has 0 aliphatic carbocycles. The number of anilines is 2. The number of likely N-dealkylation sites (tertiary alicyclic amines) is 1. The first-order valence-corrected chi connectivity index (χ1v) is 12.7. The number of hydrogen-bond acceptors (Lipinski definition) is 8. The lowest BCUT2D eigenvalue weighted by Crippen LogP contribution is -2.45. The molecule has 1 atom stereocenters. The molecular formula is C26H36N6O4. The summed E-state index contributed by atoms with van der Waals surface area (Å²) in [4.78, 5) is 40.3. The summed E-state index contributed by atoms with van der Waals surface area (Å²) < 4.78 is 10.9. The van der Waals surface area contributed by atoms with E-state index in [4.69, 9.17) is 14.5 Å². The minimum absolute atomic E-state index is 0.173. The number of hydrogen-bond donors (Lipinski definition) is 2. The maximum Gasteiger partial charge on any atom is 0.410 e. The first kappa shape index (κ1) is 25.8. The van der Waals surface area contributed by atoms with Crippen molar-refractivity contribution in [2.45, 2.75) is 52.1 Å². The summed E-state index contributed by atoms with van der Waals surface area (Å²) in [6.07, 6.45) is 4.58. The molecule has 0 saturated carbocycles. The molecule has 36 heavy (non-hydrogen) atoms. The van der Waals surface area contributed by atoms with Crippen LogP contribution in [0.25, 0.3) is 11.4 Å². The van der Waals surface area contributed by atoms with Crippen LogP contribution in [0, 0.1) is 11.8 Å². The van der Waals surface area contributed by atoms with Gasteiger partial charge in [-0.1, -0.05) is 6.07 Å². The minimum atomic E-state index is -0.574. The Kier molecular flexibility index (Phi) is 8.35. The molecule has 0 aromatic carbocycles. The van der Waals surface area contributed by atoms with Crippen LogP contribution in [-0.2, 0) is 14.3 Å². The van der Waals surface area contributed by atoms with E-state index < -0.39 is 5.60 Å². The number of aromatic nitrogens is 3. The minimum Gasteiger partial charge on any atom is -0.444 e. The average Bonchev–Trinajstić information content (AvgIpc) is 2.87. The molecule has 194 valence electrons. The number of pyridine rings is 1. The third kappa shape index (κ3) is 7.36. The van der Waals surface area contributed by atoms with Crippen molar-refractivity contribution in [1.29, 1.82) is 0 Å². The number of nitrogens with zero attached hydrogens (tertiary/aromatic N) is 4. The fourth-order valence-electron chi connectivity index (χ4n) is 4.35. The molecule has 2 aromatic rings. The average molecular weight is 497 g/mol. The third-order valence-electron chi connectivity index (χ3n) is 6.29. The largest absolute Gasteiger partial charge is 0.444 e. The normalized spacial score (nSPS) is 19.0. The monoisotopic (exact) mass is 496 g/mol. The van der Waals surface area contributed by atoms with E-state index in [0.717, 1.165) is 44.8 Å². The topological polar surface area (TPSA) is 119 Å². The molecule has 4 heterocycles. The molecule has 0 unspecified atom stereocenters. The molecule has 2 fully saturated rings. The molecule has 4 rings (SSSR count). The van der Waals surface area contributed by atoms with Crippen LogP contribution in [0.2, 0.25) is 0 Å². The van der Waals surface area contributed by atoms with E-state index >= 15 is 0 Å². The van der Waals surface area contributed by atoms with E-state index in [0.29, 0.717) is 42.6 Å². The van der Waals surface area contributed by atoms with Crippen molar-refractivity contribution < 1.29 is 19.1 Å². The van der Waals surface area contributed by atoms with Crippen LogP contribution in [0.4, 0.5) is 16.4 Å². The Morgan fingerprint density at radius 3 is 2.69 bits per heavy atom. The molecule has 0 spiro atoms. The second-order valence-electron chi connectivity index (χ2n) is 10.4. The number of ether oxygens (including phenoxy) is 2. The van der Waals surface area contributed by atoms with Crippen molar-refractivity contribution in [3.63, 3.8) is 0 Å². The molecule has 10 heteroatoms. The number of piperidine rings is 1. The van der Waals surface area contributed by atoms with Crippen molar-refractivity contribution in [2.24, 2.45) is 11.8 Å². The Bertz CT molecular complexity index is 1050. The molecule has 10 nitrogen and oxygen atoms in total. The van der Waals surface area contributed by atoms with Gasteiger partial charge in [0, 0.05) is 38.9 Å². The summed E-state index contributed by atoms with van der Waals surface area (Å²) >= 11 is 0. The Morgan fingerprint density at radius 1 is 1.11 bits per heavy atom. The van der Waals surface area contributed by atoms with Crippen LogP contribution in [0.15, 0.2) is 30.6 Å². The molecule has 2 aliphatic rings. The maximum atomic E-state index is 13.0. The predicted molar refractivity (Wildman–Crippen MR) is 136 cm³/mol. The van der Waals surface area contributed by atoms with Crippen molar-refractivity contribution >= 4 is 23.6 Å². The number of carbonyl (C=O) groups excluding carboxylic acids is 2. The second kappa shape index (κ2) is 11.6. The van der Waals surface area contributed by atoms with E-state index in [-0.39, 0.29) is 17.9 Å². The Morgan fingerprint density at radius 2 is 1.92 bits per heavy atom. The smallest absolute Gasteiger partial charge is 0.410 e. The molecule has 2 amide bonds. The Balaban J connectivity index is 1.36. The molecule has 2 aromatic heterocycles. The highest BCUT2D eigenvalue weighted by Gasteiger charge is 2.31. The summed E-state index contributed by atoms with van der Waals surface area (Å²) in [5.41, 5.74) is 0.739. The Labute approximate surface area is 212 Å². The van der Waals surface area contributed by atoms with Gasteiger partial charge in [0.15, 0.2) is 0 Å². The van der Waals surface area contributed by atoms with Gasteiger partial charge in [-0.3, -0.25) is 4.79 Å². The highest BCUT2D eigenvalue weighted by Crippen LogP contribution is 2.23. The van der Waals surface area contributed by atoms with Gasteiger partial charge in [-0.05, 0) is 64.5 Å². The van der Waals surface area contributed by atoms with E-state index in [2.05, 4.69) is 20.6 Å². The van der Waals surface area contributed by atoms with Crippen molar-refractivity contribution in [3.8, 4) is 11.4 Å². The fraction of sp³-hybridized carbons (Fsp3) is 0.577. The molecule has 0 radical (unpaired) electrons. The van der Waals surface area contributed by atoms with Gasteiger partial charge in [-0.15, -0.1) is 0 Å². The quantitative estimate of drug-likeness (QED) is 0.617. The fourth-order valence-corrected chi connectivity index (χ4v) is 4.35. The molecule has 2 saturated heterocycles. The summed E-state index contributed by atoms with van der Waals surface area (Å²) in [7, 11) is 0. The van der Waals surface area contributed by atoms with Gasteiger partial charge < -0.3 is 25.0 Å². The number of amides is 2. The number of rotatable bonds is 6. The molecule has 2 N–H and O–H groups in total. The van der Waals surface area contributed by atoms with E-state index in [9.17, 15) is 9.59 Å². The highest BCUT2D eigenvalue weighted by molar-refractivity contribution is 5.92. The van der Waals surface area contributed by atoms with Crippen molar-refractivity contribution in [2.75, 3.05) is 43.5 Å². The van der Waals surface area contributed by atoms with Gasteiger partial charge in [-0.2, -0.15) is 0 Å². The summed E-state index contributed by atoms with van der Waals surface area (Å²) in [5, 5.41) is 6.31. The van der Waals surface area contributed by atoms with Crippen LogP contribution in [0.3, 0.4) is 0 Å². The van der Waals surface area contributed by atoms with Crippen molar-refractivity contribution in [3.05, 3.63) is 30.6 Å². The summed E-state index contributed by atoms with van der Waals surface area (Å²) in [5.74, 6) is 1.26. The van der Waals surface area contributed by atoms with E-state index in [1.165, 1.54) is 6.33 Å². The first-order valence-electron chi connectivity index (χ1n) is 12.7. The van der Waals surface area contributed by atoms with Crippen molar-refractivity contribution in [1.82, 2.24) is 19.9 Å². The second-order valence-corrected chi connectivity index (χ2v) is 10.4. The van der Waals surface area contributed by atoms with Crippen LogP contribution in [0.5, 0.6) is 0 Å². The van der Waals surface area contributed by atoms with Gasteiger partial charge in [0.1, 0.15) is 23.6 Å². The van der Waals surface area contributed by atoms with E-state index in [1.54, 1.807) is 11.0 Å². The Hall–Kier alpha value is -3.27. The van der Waals surface area contributed by atoms with Crippen LogP contribution < -0.4 is 10.6 Å². The first-order chi connectivity index (χ1) is 17.3. The van der Waals surface area contributed by atoms with Gasteiger partial charge in [0.2, 0.25) is 5.91 Å². The number of carbonyl (C=O) groups is 2. The van der Waals surface area contributed by atoms with Gasteiger partial charge in [-0.25, -0.2) is 19.7 Å². The zero-order valence-corrected chi connectivity index (χ0v) is 21.3. The van der Waals surface area contributed by atoms with Gasteiger partial charge in [0.25, 0.3) is 0 Å². The molecule has 0 bridgehead atoms. The number of nitrogens with one attached hydrogen (secondary N) is 2. The zero-order chi connectivity index (χ0) is 25.5. The van der Waals surface area contributed by atoms with Crippen LogP contribution >= 0.6 is 0 Å². The zero-order valence-electron chi connectivity index (χ0n) is 21.3. The van der Waals surface area contributed by atoms with Crippen LogP contribution in [-0.4, -0.2) is 70.3 Å². The lowest BCUT2D eigenvalue weighted by Gasteiger charge is -2.33. The molecule has 2 aliphatic heterocycles. The van der Waals surface area contributed by atoms with Gasteiger partial charge >= 0.3 is 6.09 Å². The van der Waals surface area contributed by atoms with Gasteiger partial charge in [0.05, 0.1) is 17.3 Å². The third-order valence-corrected chi connectivity index (χ3v) is 6.29. The molecular weight excluding hydrogens is 460 g/mol. The predicted octanol–water partition coefficient (Wildman–Crippen LogP) is 3.96.